The Labute approximate surface area is 102 Å². The van der Waals surface area contributed by atoms with Crippen molar-refractivity contribution in [1.82, 2.24) is 0 Å². The highest BCUT2D eigenvalue weighted by Crippen LogP contribution is 2.45. The Hall–Kier alpha value is -1.37. The van der Waals surface area contributed by atoms with Gasteiger partial charge in [0.1, 0.15) is 11.0 Å². The van der Waals surface area contributed by atoms with Crippen molar-refractivity contribution in [3.8, 4) is 6.07 Å². The van der Waals surface area contributed by atoms with Crippen LogP contribution in [0.25, 0.3) is 0 Å². The van der Waals surface area contributed by atoms with Crippen LogP contribution in [0.1, 0.15) is 24.5 Å². The highest BCUT2D eigenvalue weighted by molar-refractivity contribution is 5.31. The summed E-state index contributed by atoms with van der Waals surface area (Å²) in [6.45, 7) is 4.53. The van der Waals surface area contributed by atoms with E-state index in [1.807, 2.05) is 31.2 Å². The highest BCUT2D eigenvalue weighted by atomic mass is 16.5. The zero-order valence-corrected chi connectivity index (χ0v) is 10.2. The van der Waals surface area contributed by atoms with Crippen molar-refractivity contribution in [3.05, 3.63) is 35.4 Å². The van der Waals surface area contributed by atoms with Crippen molar-refractivity contribution in [2.24, 2.45) is 5.41 Å². The molecule has 1 saturated heterocycles. The Kier molecular flexibility index (Phi) is 2.94. The number of hydrogen-bond acceptors (Lipinski definition) is 3. The van der Waals surface area contributed by atoms with E-state index in [2.05, 4.69) is 6.07 Å². The van der Waals surface area contributed by atoms with Crippen molar-refractivity contribution in [2.75, 3.05) is 13.2 Å². The minimum atomic E-state index is -1.17. The quantitative estimate of drug-likeness (QED) is 0.848. The van der Waals surface area contributed by atoms with Gasteiger partial charge in [-0.05, 0) is 25.8 Å². The second kappa shape index (κ2) is 4.14. The third-order valence-electron chi connectivity index (χ3n) is 3.78. The molecule has 1 heterocycles. The molecule has 90 valence electrons. The van der Waals surface area contributed by atoms with E-state index in [9.17, 15) is 10.4 Å². The van der Waals surface area contributed by atoms with Crippen LogP contribution < -0.4 is 0 Å². The van der Waals surface area contributed by atoms with Crippen LogP contribution in [0.3, 0.4) is 0 Å². The predicted octanol–water partition coefficient (Wildman–Crippen LogP) is 2.13. The van der Waals surface area contributed by atoms with Gasteiger partial charge in [0.15, 0.2) is 0 Å². The molecule has 0 bridgehead atoms. The lowest BCUT2D eigenvalue weighted by Crippen LogP contribution is -2.43. The van der Waals surface area contributed by atoms with Crippen LogP contribution in [-0.2, 0) is 10.3 Å². The molecule has 1 aromatic rings. The Morgan fingerprint density at radius 2 is 2.06 bits per heavy atom. The van der Waals surface area contributed by atoms with Crippen molar-refractivity contribution in [3.63, 3.8) is 0 Å². The molecular formula is C14H17NO2. The zero-order valence-electron chi connectivity index (χ0n) is 10.2. The first-order valence-corrected chi connectivity index (χ1v) is 5.80. The maximum absolute atomic E-state index is 10.7. The van der Waals surface area contributed by atoms with E-state index < -0.39 is 11.0 Å². The van der Waals surface area contributed by atoms with Gasteiger partial charge in [-0.15, -0.1) is 0 Å². The first kappa shape index (κ1) is 12.1. The summed E-state index contributed by atoms with van der Waals surface area (Å²) in [6, 6.07) is 9.92. The van der Waals surface area contributed by atoms with Crippen molar-refractivity contribution >= 4 is 0 Å². The van der Waals surface area contributed by atoms with Crippen molar-refractivity contribution in [2.45, 2.75) is 25.9 Å². The molecule has 1 N–H and O–H groups in total. The molecule has 2 atom stereocenters. The van der Waals surface area contributed by atoms with E-state index in [4.69, 9.17) is 4.74 Å². The highest BCUT2D eigenvalue weighted by Gasteiger charge is 2.51. The van der Waals surface area contributed by atoms with Gasteiger partial charge < -0.3 is 9.84 Å². The third kappa shape index (κ3) is 1.84. The molecule has 0 aromatic heterocycles. The van der Waals surface area contributed by atoms with Crippen LogP contribution in [0.4, 0.5) is 0 Å². The van der Waals surface area contributed by atoms with Gasteiger partial charge in [-0.3, -0.25) is 0 Å². The Balaban J connectivity index is 2.41. The van der Waals surface area contributed by atoms with Gasteiger partial charge in [0.05, 0.1) is 12.7 Å². The zero-order chi connectivity index (χ0) is 12.5. The smallest absolute Gasteiger partial charge is 0.115 e. The molecule has 0 spiro atoms. The third-order valence-corrected chi connectivity index (χ3v) is 3.78. The van der Waals surface area contributed by atoms with Crippen molar-refractivity contribution < 1.29 is 9.84 Å². The fourth-order valence-corrected chi connectivity index (χ4v) is 2.30. The number of ether oxygens (including phenoxy) is 1. The van der Waals surface area contributed by atoms with Crippen LogP contribution in [0.15, 0.2) is 24.3 Å². The van der Waals surface area contributed by atoms with E-state index in [0.29, 0.717) is 19.6 Å². The van der Waals surface area contributed by atoms with Crippen molar-refractivity contribution in [1.29, 1.82) is 5.26 Å². The van der Waals surface area contributed by atoms with Gasteiger partial charge in [-0.1, -0.05) is 29.8 Å². The predicted molar refractivity (Wildman–Crippen MR) is 64.2 cm³/mol. The number of aliphatic hydroxyl groups is 1. The van der Waals surface area contributed by atoms with Crippen LogP contribution in [0.5, 0.6) is 0 Å². The lowest BCUT2D eigenvalue weighted by Gasteiger charge is -2.36. The number of hydrogen-bond donors (Lipinski definition) is 1. The summed E-state index contributed by atoms with van der Waals surface area (Å²) in [5.74, 6) is 0. The Bertz CT molecular complexity index is 436. The first-order chi connectivity index (χ1) is 8.02. The van der Waals surface area contributed by atoms with Gasteiger partial charge in [-0.25, -0.2) is 0 Å². The van der Waals surface area contributed by atoms with Crippen LogP contribution in [0, 0.1) is 23.7 Å². The summed E-state index contributed by atoms with van der Waals surface area (Å²) in [6.07, 6.45) is 0.574. The summed E-state index contributed by atoms with van der Waals surface area (Å²) in [4.78, 5) is 0. The number of aryl methyl sites for hydroxylation is 1. The SMILES string of the molecule is Cc1ccc(C(C)(O)C2(C#N)CCOC2)cc1. The maximum Gasteiger partial charge on any atom is 0.115 e. The van der Waals surface area contributed by atoms with Gasteiger partial charge >= 0.3 is 0 Å². The molecule has 2 unspecified atom stereocenters. The summed E-state index contributed by atoms with van der Waals surface area (Å²) in [7, 11) is 0. The minimum absolute atomic E-state index is 0.296. The van der Waals surface area contributed by atoms with E-state index in [-0.39, 0.29) is 0 Å². The van der Waals surface area contributed by atoms with Gasteiger partial charge in [0.2, 0.25) is 0 Å². The molecule has 2 rings (SSSR count). The molecule has 3 nitrogen and oxygen atoms in total. The summed E-state index contributed by atoms with van der Waals surface area (Å²) in [5.41, 5.74) is -0.0952. The van der Waals surface area contributed by atoms with Crippen LogP contribution in [-0.4, -0.2) is 18.3 Å². The summed E-state index contributed by atoms with van der Waals surface area (Å²) in [5, 5.41) is 20.1. The van der Waals surface area contributed by atoms with E-state index in [1.54, 1.807) is 6.92 Å². The summed E-state index contributed by atoms with van der Waals surface area (Å²) < 4.78 is 5.30. The molecule has 1 aliphatic rings. The summed E-state index contributed by atoms with van der Waals surface area (Å²) >= 11 is 0. The standard InChI is InChI=1S/C14H17NO2/c1-11-3-5-12(6-4-11)13(2,16)14(9-15)7-8-17-10-14/h3-6,16H,7-8,10H2,1-2H3. The molecule has 0 aliphatic carbocycles. The lowest BCUT2D eigenvalue weighted by atomic mass is 9.69. The molecule has 3 heteroatoms. The van der Waals surface area contributed by atoms with E-state index in [0.717, 1.165) is 11.1 Å². The monoisotopic (exact) mass is 231 g/mol. The Morgan fingerprint density at radius 3 is 2.53 bits per heavy atom. The fourth-order valence-electron chi connectivity index (χ4n) is 2.30. The van der Waals surface area contributed by atoms with Gasteiger partial charge in [0.25, 0.3) is 0 Å². The fraction of sp³-hybridized carbons (Fsp3) is 0.500. The molecule has 1 aliphatic heterocycles. The minimum Gasteiger partial charge on any atom is -0.384 e. The van der Waals surface area contributed by atoms with Gasteiger partial charge in [-0.2, -0.15) is 5.26 Å². The van der Waals surface area contributed by atoms with Gasteiger partial charge in [0, 0.05) is 6.61 Å². The first-order valence-electron chi connectivity index (χ1n) is 5.80. The van der Waals surface area contributed by atoms with Crippen LogP contribution >= 0.6 is 0 Å². The molecule has 0 radical (unpaired) electrons. The average Bonchev–Trinajstić information content (AvgIpc) is 2.79. The number of nitrogens with zero attached hydrogens (tertiary/aromatic N) is 1. The maximum atomic E-state index is 10.7. The lowest BCUT2D eigenvalue weighted by molar-refractivity contribution is -0.0481. The number of benzene rings is 1. The molecule has 0 amide bonds. The normalized spacial score (nSPS) is 27.4. The second-order valence-electron chi connectivity index (χ2n) is 4.93. The second-order valence-corrected chi connectivity index (χ2v) is 4.93. The molecular weight excluding hydrogens is 214 g/mol. The molecule has 17 heavy (non-hydrogen) atoms. The van der Waals surface area contributed by atoms with Crippen LogP contribution in [0.2, 0.25) is 0 Å². The number of rotatable bonds is 2. The molecule has 1 aromatic carbocycles. The van der Waals surface area contributed by atoms with E-state index >= 15 is 0 Å². The number of nitriles is 1. The average molecular weight is 231 g/mol. The molecule has 1 fully saturated rings. The topological polar surface area (TPSA) is 53.2 Å². The molecule has 0 saturated carbocycles. The Morgan fingerprint density at radius 1 is 1.41 bits per heavy atom. The largest absolute Gasteiger partial charge is 0.384 e. The van der Waals surface area contributed by atoms with E-state index in [1.165, 1.54) is 0 Å².